The molecular formula is C26H32N3O9PS. The van der Waals surface area contributed by atoms with Crippen molar-refractivity contribution < 1.29 is 42.5 Å². The fraction of sp³-hybridized carbons (Fsp3) is 0.269. The van der Waals surface area contributed by atoms with E-state index in [2.05, 4.69) is 15.4 Å². The number of benzene rings is 3. The molecule has 216 valence electrons. The molecule has 0 aliphatic carbocycles. The van der Waals surface area contributed by atoms with E-state index >= 15 is 0 Å². The summed E-state index contributed by atoms with van der Waals surface area (Å²) in [4.78, 5) is 32.2. The number of aliphatic hydroxyl groups excluding tert-OH is 1. The Morgan fingerprint density at radius 1 is 1.07 bits per heavy atom. The maximum absolute atomic E-state index is 13.6. The van der Waals surface area contributed by atoms with Crippen LogP contribution in [0.5, 0.6) is 11.5 Å². The van der Waals surface area contributed by atoms with Crippen molar-refractivity contribution in [3.05, 3.63) is 83.4 Å². The van der Waals surface area contributed by atoms with Crippen molar-refractivity contribution in [2.24, 2.45) is 0 Å². The summed E-state index contributed by atoms with van der Waals surface area (Å²) >= 11 is 0. The molecule has 1 unspecified atom stereocenters. The van der Waals surface area contributed by atoms with Crippen LogP contribution in [0, 0.1) is 0 Å². The van der Waals surface area contributed by atoms with Crippen LogP contribution in [-0.4, -0.2) is 54.2 Å². The van der Waals surface area contributed by atoms with Gasteiger partial charge in [-0.25, -0.2) is 8.42 Å². The molecule has 3 rings (SSSR count). The van der Waals surface area contributed by atoms with Gasteiger partial charge in [0.1, 0.15) is 17.0 Å². The predicted molar refractivity (Wildman–Crippen MR) is 151 cm³/mol. The molecule has 1 amide bonds. The van der Waals surface area contributed by atoms with E-state index in [9.17, 15) is 37.8 Å². The van der Waals surface area contributed by atoms with Crippen LogP contribution < -0.4 is 20.1 Å². The summed E-state index contributed by atoms with van der Waals surface area (Å²) in [7, 11) is -6.50. The Kier molecular flexibility index (Phi) is 9.62. The minimum atomic E-state index is -4.32. The van der Waals surface area contributed by atoms with Gasteiger partial charge in [-0.1, -0.05) is 30.3 Å². The van der Waals surface area contributed by atoms with Gasteiger partial charge in [0.2, 0.25) is 15.9 Å². The van der Waals surface area contributed by atoms with Gasteiger partial charge in [-0.2, -0.15) is 0 Å². The van der Waals surface area contributed by atoms with E-state index < -0.39 is 41.3 Å². The third-order valence-electron chi connectivity index (χ3n) is 6.04. The van der Waals surface area contributed by atoms with Crippen molar-refractivity contribution in [3.8, 4) is 11.5 Å². The fourth-order valence-corrected chi connectivity index (χ4v) is 5.18. The Labute approximate surface area is 232 Å². The lowest BCUT2D eigenvalue weighted by atomic mass is 9.90. The van der Waals surface area contributed by atoms with Crippen molar-refractivity contribution in [2.45, 2.75) is 24.7 Å². The number of aromatic hydroxyl groups is 1. The van der Waals surface area contributed by atoms with Crippen molar-refractivity contribution in [2.75, 3.05) is 29.9 Å². The molecular weight excluding hydrogens is 561 g/mol. The molecule has 0 radical (unpaired) electrons. The zero-order valence-electron chi connectivity index (χ0n) is 22.0. The smallest absolute Gasteiger partial charge is 0.329 e. The fourth-order valence-electron chi connectivity index (χ4n) is 3.94. The average molecular weight is 594 g/mol. The van der Waals surface area contributed by atoms with Crippen LogP contribution in [0.3, 0.4) is 0 Å². The number of amides is 1. The first kappa shape index (κ1) is 31.1. The molecule has 0 heterocycles. The molecule has 0 aliphatic rings. The second-order valence-electron chi connectivity index (χ2n) is 9.38. The van der Waals surface area contributed by atoms with Crippen LogP contribution in [0.15, 0.2) is 66.7 Å². The summed E-state index contributed by atoms with van der Waals surface area (Å²) < 4.78 is 42.1. The first-order valence-electron chi connectivity index (χ1n) is 11.9. The van der Waals surface area contributed by atoms with Crippen LogP contribution in [0.4, 0.5) is 11.4 Å². The summed E-state index contributed by atoms with van der Waals surface area (Å²) in [5, 5.41) is 26.7. The van der Waals surface area contributed by atoms with Gasteiger partial charge in [0, 0.05) is 12.2 Å². The Balaban J connectivity index is 1.88. The van der Waals surface area contributed by atoms with E-state index in [0.717, 1.165) is 6.26 Å². The van der Waals surface area contributed by atoms with E-state index in [1.165, 1.54) is 37.4 Å². The zero-order valence-corrected chi connectivity index (χ0v) is 23.7. The minimum Gasteiger partial charge on any atom is -0.506 e. The number of ether oxygens (including phenoxy) is 1. The van der Waals surface area contributed by atoms with Gasteiger partial charge in [-0.15, -0.1) is 0 Å². The predicted octanol–water partition coefficient (Wildman–Crippen LogP) is 2.63. The second-order valence-corrected chi connectivity index (χ2v) is 12.8. The van der Waals surface area contributed by atoms with E-state index in [4.69, 9.17) is 4.74 Å². The minimum absolute atomic E-state index is 0.107. The monoisotopic (exact) mass is 593 g/mol. The van der Waals surface area contributed by atoms with Crippen molar-refractivity contribution >= 4 is 34.9 Å². The van der Waals surface area contributed by atoms with Crippen molar-refractivity contribution in [1.82, 2.24) is 5.32 Å². The number of hydrogen-bond acceptors (Lipinski definition) is 8. The molecule has 3 aromatic carbocycles. The maximum Gasteiger partial charge on any atom is 0.329 e. The van der Waals surface area contributed by atoms with Crippen LogP contribution in [0.25, 0.3) is 0 Å². The summed E-state index contributed by atoms with van der Waals surface area (Å²) in [6.45, 7) is 1.45. The van der Waals surface area contributed by atoms with Gasteiger partial charge in [0.25, 0.3) is 0 Å². The van der Waals surface area contributed by atoms with Gasteiger partial charge >= 0.3 is 7.60 Å². The first-order valence-corrected chi connectivity index (χ1v) is 15.6. The van der Waals surface area contributed by atoms with E-state index in [0.29, 0.717) is 22.6 Å². The van der Waals surface area contributed by atoms with Gasteiger partial charge in [0.15, 0.2) is 0 Å². The molecule has 2 atom stereocenters. The summed E-state index contributed by atoms with van der Waals surface area (Å²) in [5.74, 6) is -0.284. The zero-order chi connectivity index (χ0) is 29.7. The molecule has 7 N–H and O–H groups in total. The van der Waals surface area contributed by atoms with Crippen LogP contribution in [0.1, 0.15) is 29.7 Å². The number of carbonyl (C=O) groups is 1. The lowest BCUT2D eigenvalue weighted by Crippen LogP contribution is -2.50. The largest absolute Gasteiger partial charge is 0.506 e. The molecule has 14 heteroatoms. The molecule has 0 aliphatic heterocycles. The SMILES string of the molecule is COc1ccc(C(C)(NC[C@@H](O)c2ccc(O)c(NS(C)(=O)=O)c2)C(=O)Nc2cccc(CP(=O)(O)O)c2)cc1. The van der Waals surface area contributed by atoms with E-state index in [1.54, 1.807) is 43.3 Å². The highest BCUT2D eigenvalue weighted by molar-refractivity contribution is 7.92. The topological polar surface area (TPSA) is 195 Å². The van der Waals surface area contributed by atoms with E-state index in [-0.39, 0.29) is 23.5 Å². The van der Waals surface area contributed by atoms with Gasteiger partial charge in [0.05, 0.1) is 31.3 Å². The Morgan fingerprint density at radius 3 is 2.35 bits per heavy atom. The standard InChI is InChI=1S/C26H32N3O9PS/c1-26(19-8-10-21(38-2)11-9-19,25(32)28-20-6-4-5-17(13-20)16-39(33,34)35)27-15-24(31)18-7-12-23(30)22(14-18)29-40(3,36)37/h4-14,24,27,29-31H,15-16H2,1-3H3,(H,28,32)(H2,33,34,35)/t24-,26?/m1/s1. The summed E-state index contributed by atoms with van der Waals surface area (Å²) in [6.07, 6.45) is -0.768. The van der Waals surface area contributed by atoms with Gasteiger partial charge in [-0.3, -0.25) is 19.4 Å². The molecule has 40 heavy (non-hydrogen) atoms. The number of nitrogens with one attached hydrogen (secondary N) is 3. The number of rotatable bonds is 12. The second kappa shape index (κ2) is 12.4. The number of phenolic OH excluding ortho intramolecular Hbond substituents is 1. The molecule has 0 aromatic heterocycles. The normalized spacial score (nSPS) is 14.2. The van der Waals surface area contributed by atoms with E-state index in [1.807, 2.05) is 0 Å². The first-order chi connectivity index (χ1) is 18.6. The van der Waals surface area contributed by atoms with Crippen LogP contribution in [-0.2, 0) is 31.1 Å². The third-order valence-corrected chi connectivity index (χ3v) is 7.41. The number of carbonyl (C=O) groups excluding carboxylic acids is 1. The number of methoxy groups -OCH3 is 1. The van der Waals surface area contributed by atoms with Gasteiger partial charge in [-0.05, 0) is 60.0 Å². The Hall–Kier alpha value is -3.45. The highest BCUT2D eigenvalue weighted by Crippen LogP contribution is 2.39. The Morgan fingerprint density at radius 2 is 1.75 bits per heavy atom. The average Bonchev–Trinajstić information content (AvgIpc) is 2.86. The number of phenols is 1. The van der Waals surface area contributed by atoms with Crippen molar-refractivity contribution in [1.29, 1.82) is 0 Å². The highest BCUT2D eigenvalue weighted by atomic mass is 32.2. The lowest BCUT2D eigenvalue weighted by molar-refractivity contribution is -0.122. The molecule has 12 nitrogen and oxygen atoms in total. The van der Waals surface area contributed by atoms with Crippen molar-refractivity contribution in [3.63, 3.8) is 0 Å². The quantitative estimate of drug-likeness (QED) is 0.121. The molecule has 0 saturated carbocycles. The molecule has 0 fully saturated rings. The number of hydrogen-bond donors (Lipinski definition) is 7. The number of anilines is 2. The number of sulfonamides is 1. The molecule has 0 bridgehead atoms. The molecule has 0 spiro atoms. The lowest BCUT2D eigenvalue weighted by Gasteiger charge is -2.31. The molecule has 3 aromatic rings. The summed E-state index contributed by atoms with van der Waals surface area (Å²) in [6, 6.07) is 16.8. The third kappa shape index (κ3) is 8.52. The number of aliphatic hydroxyl groups is 1. The molecule has 0 saturated heterocycles. The summed E-state index contributed by atoms with van der Waals surface area (Å²) in [5.41, 5.74) is -0.0740. The van der Waals surface area contributed by atoms with Crippen LogP contribution >= 0.6 is 7.60 Å². The maximum atomic E-state index is 13.6. The van der Waals surface area contributed by atoms with Gasteiger partial charge < -0.3 is 30.1 Å². The van der Waals surface area contributed by atoms with Crippen LogP contribution in [0.2, 0.25) is 0 Å². The highest BCUT2D eigenvalue weighted by Gasteiger charge is 2.36. The Bertz CT molecular complexity index is 1510.